The number of likely N-dealkylation sites (tertiary alicyclic amines) is 2. The van der Waals surface area contributed by atoms with E-state index in [4.69, 9.17) is 0 Å². The Kier molecular flexibility index (Phi) is 4.29. The number of aromatic nitrogens is 2. The van der Waals surface area contributed by atoms with Crippen LogP contribution in [0.5, 0.6) is 0 Å². The molecule has 132 valence electrons. The Hall–Kier alpha value is -2.21. The van der Waals surface area contributed by atoms with Crippen molar-refractivity contribution in [2.45, 2.75) is 44.7 Å². The molecule has 2 aliphatic rings. The fraction of sp³-hybridized carbons (Fsp3) is 0.526. The first-order chi connectivity index (χ1) is 12.2. The number of nitrogens with zero attached hydrogens (tertiary/aromatic N) is 4. The highest BCUT2D eigenvalue weighted by molar-refractivity contribution is 5.94. The molecule has 2 atom stereocenters. The van der Waals surface area contributed by atoms with Crippen molar-refractivity contribution < 1.29 is 4.79 Å². The van der Waals surface area contributed by atoms with Gasteiger partial charge in [-0.05, 0) is 50.9 Å². The molecule has 6 nitrogen and oxygen atoms in total. The molecule has 2 aliphatic heterocycles. The minimum Gasteiger partial charge on any atom is -0.334 e. The molecule has 4 rings (SSSR count). The highest BCUT2D eigenvalue weighted by atomic mass is 16.2. The van der Waals surface area contributed by atoms with Gasteiger partial charge in [-0.1, -0.05) is 13.0 Å². The number of hydrogen-bond acceptors (Lipinski definition) is 4. The highest BCUT2D eigenvalue weighted by Crippen LogP contribution is 2.30. The third kappa shape index (κ3) is 2.74. The lowest BCUT2D eigenvalue weighted by Crippen LogP contribution is -2.49. The summed E-state index contributed by atoms with van der Waals surface area (Å²) >= 11 is 0. The molecule has 2 aromatic rings. The van der Waals surface area contributed by atoms with Gasteiger partial charge in [-0.15, -0.1) is 0 Å². The molecule has 0 aromatic carbocycles. The van der Waals surface area contributed by atoms with Crippen molar-refractivity contribution in [3.8, 4) is 0 Å². The molecule has 0 saturated carbocycles. The molecule has 4 heterocycles. The normalized spacial score (nSPS) is 24.3. The van der Waals surface area contributed by atoms with E-state index in [2.05, 4.69) is 16.8 Å². The Morgan fingerprint density at radius 3 is 2.84 bits per heavy atom. The smallest absolute Gasteiger partial charge is 0.270 e. The number of carbonyl (C=O) groups is 1. The Labute approximate surface area is 147 Å². The molecule has 0 spiro atoms. The summed E-state index contributed by atoms with van der Waals surface area (Å²) in [5.74, 6) is -0.166. The minimum atomic E-state index is -0.278. The van der Waals surface area contributed by atoms with Crippen molar-refractivity contribution in [2.75, 3.05) is 19.6 Å². The van der Waals surface area contributed by atoms with E-state index in [-0.39, 0.29) is 23.1 Å². The third-order valence-corrected chi connectivity index (χ3v) is 5.67. The standard InChI is InChI=1S/C19H24N4O2/c1-2-21-10-5-7-15(21)16-8-6-12-22(16)18(24)14-13-20-17-9-3-4-11-23(17)19(14)25/h3-4,9,11,13,15-16H,2,5-8,10,12H2,1H3. The van der Waals surface area contributed by atoms with Gasteiger partial charge < -0.3 is 4.90 Å². The summed E-state index contributed by atoms with van der Waals surface area (Å²) in [6, 6.07) is 6.02. The predicted octanol–water partition coefficient (Wildman–Crippen LogP) is 1.78. The summed E-state index contributed by atoms with van der Waals surface area (Å²) in [6.07, 6.45) is 7.47. The van der Waals surface area contributed by atoms with Gasteiger partial charge in [0.15, 0.2) is 0 Å². The third-order valence-electron chi connectivity index (χ3n) is 5.67. The molecule has 6 heteroatoms. The van der Waals surface area contributed by atoms with Gasteiger partial charge in [0.1, 0.15) is 11.2 Å². The van der Waals surface area contributed by atoms with Crippen LogP contribution in [-0.2, 0) is 0 Å². The summed E-state index contributed by atoms with van der Waals surface area (Å²) in [7, 11) is 0. The first-order valence-corrected chi connectivity index (χ1v) is 9.22. The molecule has 0 bridgehead atoms. The van der Waals surface area contributed by atoms with Crippen LogP contribution in [0, 0.1) is 0 Å². The maximum atomic E-state index is 13.1. The molecule has 1 amide bonds. The van der Waals surface area contributed by atoms with Crippen molar-refractivity contribution >= 4 is 11.6 Å². The van der Waals surface area contributed by atoms with Gasteiger partial charge in [-0.2, -0.15) is 0 Å². The molecule has 2 unspecified atom stereocenters. The molecule has 0 radical (unpaired) electrons. The van der Waals surface area contributed by atoms with E-state index in [0.717, 1.165) is 38.9 Å². The number of pyridine rings is 1. The number of fused-ring (bicyclic) bond motifs is 1. The van der Waals surface area contributed by atoms with Crippen LogP contribution in [0.4, 0.5) is 0 Å². The monoisotopic (exact) mass is 340 g/mol. The molecule has 0 N–H and O–H groups in total. The van der Waals surface area contributed by atoms with Crippen LogP contribution in [0.1, 0.15) is 43.0 Å². The second-order valence-electron chi connectivity index (χ2n) is 6.95. The van der Waals surface area contributed by atoms with E-state index in [1.807, 2.05) is 11.0 Å². The van der Waals surface area contributed by atoms with Gasteiger partial charge in [0.25, 0.3) is 11.5 Å². The van der Waals surface area contributed by atoms with E-state index in [0.29, 0.717) is 11.7 Å². The summed E-state index contributed by atoms with van der Waals surface area (Å²) < 4.78 is 1.45. The largest absolute Gasteiger partial charge is 0.334 e. The lowest BCUT2D eigenvalue weighted by atomic mass is 10.0. The summed E-state index contributed by atoms with van der Waals surface area (Å²) in [6.45, 7) is 5.04. The average Bonchev–Trinajstić information content (AvgIpc) is 3.30. The lowest BCUT2D eigenvalue weighted by Gasteiger charge is -2.34. The van der Waals surface area contributed by atoms with Gasteiger partial charge in [0.2, 0.25) is 0 Å². The van der Waals surface area contributed by atoms with Crippen LogP contribution in [0.25, 0.3) is 5.65 Å². The number of amides is 1. The molecular formula is C19H24N4O2. The first-order valence-electron chi connectivity index (χ1n) is 9.22. The molecular weight excluding hydrogens is 316 g/mol. The Morgan fingerprint density at radius 2 is 2.00 bits per heavy atom. The summed E-state index contributed by atoms with van der Waals surface area (Å²) in [5.41, 5.74) is 0.464. The van der Waals surface area contributed by atoms with Crippen LogP contribution < -0.4 is 5.56 Å². The number of carbonyl (C=O) groups excluding carboxylic acids is 1. The lowest BCUT2D eigenvalue weighted by molar-refractivity contribution is 0.0647. The van der Waals surface area contributed by atoms with E-state index < -0.39 is 0 Å². The summed E-state index contributed by atoms with van der Waals surface area (Å²) in [5, 5.41) is 0. The van der Waals surface area contributed by atoms with Gasteiger partial charge in [0.05, 0.1) is 0 Å². The van der Waals surface area contributed by atoms with Crippen LogP contribution in [0.3, 0.4) is 0 Å². The van der Waals surface area contributed by atoms with Crippen LogP contribution in [0.2, 0.25) is 0 Å². The zero-order valence-electron chi connectivity index (χ0n) is 14.6. The second kappa shape index (κ2) is 6.59. The maximum Gasteiger partial charge on any atom is 0.270 e. The second-order valence-corrected chi connectivity index (χ2v) is 6.95. The van der Waals surface area contributed by atoms with Crippen molar-refractivity contribution in [1.29, 1.82) is 0 Å². The fourth-order valence-electron chi connectivity index (χ4n) is 4.45. The Balaban J connectivity index is 1.66. The van der Waals surface area contributed by atoms with Crippen molar-refractivity contribution in [2.24, 2.45) is 0 Å². The van der Waals surface area contributed by atoms with Gasteiger partial charge in [-0.25, -0.2) is 4.98 Å². The first kappa shape index (κ1) is 16.3. The van der Waals surface area contributed by atoms with Crippen molar-refractivity contribution in [1.82, 2.24) is 19.2 Å². The number of hydrogen-bond donors (Lipinski definition) is 0. The van der Waals surface area contributed by atoms with Crippen LogP contribution in [-0.4, -0.2) is 56.8 Å². The van der Waals surface area contributed by atoms with Crippen LogP contribution >= 0.6 is 0 Å². The molecule has 2 aromatic heterocycles. The number of likely N-dealkylation sites (N-methyl/N-ethyl adjacent to an activating group) is 1. The highest BCUT2D eigenvalue weighted by Gasteiger charge is 2.40. The average molecular weight is 340 g/mol. The van der Waals surface area contributed by atoms with Crippen molar-refractivity contribution in [3.63, 3.8) is 0 Å². The predicted molar refractivity (Wildman–Crippen MR) is 95.8 cm³/mol. The van der Waals surface area contributed by atoms with E-state index in [1.165, 1.54) is 17.0 Å². The topological polar surface area (TPSA) is 57.9 Å². The zero-order valence-corrected chi connectivity index (χ0v) is 14.6. The zero-order chi connectivity index (χ0) is 17.4. The number of rotatable bonds is 3. The maximum absolute atomic E-state index is 13.1. The van der Waals surface area contributed by atoms with E-state index in [9.17, 15) is 9.59 Å². The molecule has 2 fully saturated rings. The summed E-state index contributed by atoms with van der Waals surface area (Å²) in [4.78, 5) is 34.6. The van der Waals surface area contributed by atoms with Gasteiger partial charge in [-0.3, -0.25) is 18.9 Å². The quantitative estimate of drug-likeness (QED) is 0.855. The van der Waals surface area contributed by atoms with Gasteiger partial charge in [0, 0.05) is 31.0 Å². The Bertz CT molecular complexity index is 847. The van der Waals surface area contributed by atoms with E-state index >= 15 is 0 Å². The van der Waals surface area contributed by atoms with Gasteiger partial charge >= 0.3 is 0 Å². The van der Waals surface area contributed by atoms with Crippen LogP contribution in [0.15, 0.2) is 35.4 Å². The Morgan fingerprint density at radius 1 is 1.20 bits per heavy atom. The molecule has 25 heavy (non-hydrogen) atoms. The molecule has 2 saturated heterocycles. The SMILES string of the molecule is CCN1CCCC1C1CCCN1C(=O)c1cnc2ccccn2c1=O. The molecule has 0 aliphatic carbocycles. The van der Waals surface area contributed by atoms with Crippen molar-refractivity contribution in [3.05, 3.63) is 46.5 Å². The minimum absolute atomic E-state index is 0.166. The van der Waals surface area contributed by atoms with E-state index in [1.54, 1.807) is 18.3 Å². The fourth-order valence-corrected chi connectivity index (χ4v) is 4.45.